The quantitative estimate of drug-likeness (QED) is 0.856. The number of aromatic nitrogens is 2. The van der Waals surface area contributed by atoms with Crippen LogP contribution >= 0.6 is 11.6 Å². The van der Waals surface area contributed by atoms with Gasteiger partial charge in [-0.25, -0.2) is 9.97 Å². The van der Waals surface area contributed by atoms with Crippen LogP contribution in [-0.4, -0.2) is 31.6 Å². The van der Waals surface area contributed by atoms with Crippen LogP contribution in [0.2, 0.25) is 5.28 Å². The molecule has 0 unspecified atom stereocenters. The van der Waals surface area contributed by atoms with Crippen LogP contribution in [0.3, 0.4) is 0 Å². The number of halogens is 1. The molecule has 6 heteroatoms. The molecule has 2 heterocycles. The molecule has 1 atom stereocenters. The van der Waals surface area contributed by atoms with E-state index in [9.17, 15) is 9.32 Å². The van der Waals surface area contributed by atoms with Gasteiger partial charge in [-0.15, -0.1) is 0 Å². The van der Waals surface area contributed by atoms with E-state index < -0.39 is 10.8 Å². The summed E-state index contributed by atoms with van der Waals surface area (Å²) >= 11 is 5.93. The topological polar surface area (TPSA) is 63.1 Å². The molecular formula is C12H15ClN2O2S. The second-order valence-electron chi connectivity index (χ2n) is 5.20. The maximum absolute atomic E-state index is 12.0. The number of hydrogen-bond acceptors (Lipinski definition) is 4. The van der Waals surface area contributed by atoms with Crippen LogP contribution in [0, 0.1) is 5.41 Å². The number of aliphatic hydroxyl groups is 1. The highest BCUT2D eigenvalue weighted by Gasteiger charge is 2.39. The molecule has 1 fully saturated rings. The minimum Gasteiger partial charge on any atom is -0.396 e. The lowest BCUT2D eigenvalue weighted by atomic mass is 9.66. The van der Waals surface area contributed by atoms with Gasteiger partial charge in [-0.3, -0.25) is 4.21 Å². The van der Waals surface area contributed by atoms with Crippen LogP contribution < -0.4 is 0 Å². The highest BCUT2D eigenvalue weighted by atomic mass is 35.5. The molecule has 0 amide bonds. The second-order valence-corrected chi connectivity index (χ2v) is 7.05. The Bertz CT molecular complexity index is 512. The van der Waals surface area contributed by atoms with Gasteiger partial charge in [0, 0.05) is 18.8 Å². The fourth-order valence-electron chi connectivity index (χ4n) is 2.78. The maximum atomic E-state index is 12.0. The van der Waals surface area contributed by atoms with Crippen LogP contribution in [-0.2, 0) is 23.6 Å². The number of aryl methyl sites for hydroxylation is 1. The lowest BCUT2D eigenvalue weighted by Gasteiger charge is -2.40. The standard InChI is InChI=1S/C12H15ClN2O2S/c13-11-14-8-2-5-18(17)10(8)9(15-11)6-12(7-16)3-1-4-12/h16H,1-7H2/t18-/m1/s1. The Hall–Kier alpha value is -0.520. The Kier molecular flexibility index (Phi) is 3.16. The van der Waals surface area contributed by atoms with Crippen molar-refractivity contribution in [2.45, 2.75) is 37.0 Å². The predicted octanol–water partition coefficient (Wildman–Crippen LogP) is 1.50. The van der Waals surface area contributed by atoms with Gasteiger partial charge in [-0.1, -0.05) is 6.42 Å². The average molecular weight is 287 g/mol. The van der Waals surface area contributed by atoms with Gasteiger partial charge in [0.2, 0.25) is 5.28 Å². The number of hydrogen-bond donors (Lipinski definition) is 1. The number of rotatable bonds is 3. The summed E-state index contributed by atoms with van der Waals surface area (Å²) < 4.78 is 12.0. The monoisotopic (exact) mass is 286 g/mol. The minimum absolute atomic E-state index is 0.0712. The third-order valence-corrected chi connectivity index (χ3v) is 5.69. The van der Waals surface area contributed by atoms with Crippen LogP contribution in [0.25, 0.3) is 0 Å². The SMILES string of the molecule is O=[S@@]1CCc2nc(Cl)nc(CC3(CO)CCC3)c21. The summed E-state index contributed by atoms with van der Waals surface area (Å²) in [6.45, 7) is 0.163. The van der Waals surface area contributed by atoms with Crippen molar-refractivity contribution >= 4 is 22.4 Å². The zero-order valence-electron chi connectivity index (χ0n) is 9.99. The number of nitrogens with zero attached hydrogens (tertiary/aromatic N) is 2. The summed E-state index contributed by atoms with van der Waals surface area (Å²) in [5.41, 5.74) is 1.54. The first kappa shape index (κ1) is 12.5. The molecule has 18 heavy (non-hydrogen) atoms. The minimum atomic E-state index is -0.997. The molecule has 0 radical (unpaired) electrons. The van der Waals surface area contributed by atoms with Gasteiger partial charge < -0.3 is 5.11 Å². The summed E-state index contributed by atoms with van der Waals surface area (Å²) in [7, 11) is -0.997. The lowest BCUT2D eigenvalue weighted by Crippen LogP contribution is -2.36. The van der Waals surface area contributed by atoms with Crippen molar-refractivity contribution in [3.63, 3.8) is 0 Å². The molecule has 1 saturated carbocycles. The van der Waals surface area contributed by atoms with Crippen molar-refractivity contribution in [3.8, 4) is 0 Å². The van der Waals surface area contributed by atoms with Gasteiger partial charge in [0.15, 0.2) is 0 Å². The fraction of sp³-hybridized carbons (Fsp3) is 0.667. The molecule has 0 saturated heterocycles. The highest BCUT2D eigenvalue weighted by Crippen LogP contribution is 2.44. The molecule has 3 rings (SSSR count). The van der Waals surface area contributed by atoms with E-state index in [0.717, 1.165) is 35.5 Å². The van der Waals surface area contributed by atoms with E-state index in [2.05, 4.69) is 9.97 Å². The zero-order valence-corrected chi connectivity index (χ0v) is 11.6. The van der Waals surface area contributed by atoms with E-state index in [1.807, 2.05) is 0 Å². The molecule has 0 bridgehead atoms. The summed E-state index contributed by atoms with van der Waals surface area (Å²) in [5, 5.41) is 9.76. The van der Waals surface area contributed by atoms with E-state index in [-0.39, 0.29) is 17.3 Å². The Morgan fingerprint density at radius 3 is 2.78 bits per heavy atom. The first-order valence-electron chi connectivity index (χ1n) is 6.18. The molecule has 1 aromatic heterocycles. The maximum Gasteiger partial charge on any atom is 0.222 e. The van der Waals surface area contributed by atoms with Crippen molar-refractivity contribution in [1.29, 1.82) is 0 Å². The smallest absolute Gasteiger partial charge is 0.222 e. The molecule has 4 nitrogen and oxygen atoms in total. The molecule has 2 aliphatic rings. The molecule has 0 spiro atoms. The Labute approximate surface area is 113 Å². The number of aliphatic hydroxyl groups excluding tert-OH is 1. The number of fused-ring (bicyclic) bond motifs is 1. The van der Waals surface area contributed by atoms with E-state index in [0.29, 0.717) is 18.6 Å². The summed E-state index contributed by atoms with van der Waals surface area (Å²) in [6.07, 6.45) is 4.53. The molecule has 1 aromatic rings. The van der Waals surface area contributed by atoms with E-state index in [1.165, 1.54) is 0 Å². The Morgan fingerprint density at radius 2 is 2.17 bits per heavy atom. The fourth-order valence-corrected chi connectivity index (χ4v) is 4.36. The molecule has 1 aliphatic carbocycles. The zero-order chi connectivity index (χ0) is 12.8. The highest BCUT2D eigenvalue weighted by molar-refractivity contribution is 7.85. The average Bonchev–Trinajstić information content (AvgIpc) is 2.65. The van der Waals surface area contributed by atoms with Gasteiger partial charge in [0.05, 0.1) is 27.1 Å². The van der Waals surface area contributed by atoms with Gasteiger partial charge in [0.1, 0.15) is 0 Å². The van der Waals surface area contributed by atoms with E-state index in [4.69, 9.17) is 11.6 Å². The summed E-state index contributed by atoms with van der Waals surface area (Å²) in [6, 6.07) is 0. The molecule has 1 aliphatic heterocycles. The lowest BCUT2D eigenvalue weighted by molar-refractivity contribution is 0.0434. The van der Waals surface area contributed by atoms with Gasteiger partial charge in [-0.2, -0.15) is 0 Å². The van der Waals surface area contributed by atoms with Gasteiger partial charge in [0.25, 0.3) is 0 Å². The third kappa shape index (κ3) is 1.98. The first-order valence-corrected chi connectivity index (χ1v) is 7.88. The van der Waals surface area contributed by atoms with Crippen LogP contribution in [0.1, 0.15) is 30.7 Å². The van der Waals surface area contributed by atoms with Gasteiger partial charge >= 0.3 is 0 Å². The van der Waals surface area contributed by atoms with Crippen LogP contribution in [0.15, 0.2) is 4.90 Å². The largest absolute Gasteiger partial charge is 0.396 e. The molecule has 1 N–H and O–H groups in total. The Morgan fingerprint density at radius 1 is 1.39 bits per heavy atom. The predicted molar refractivity (Wildman–Crippen MR) is 69.1 cm³/mol. The third-order valence-electron chi connectivity index (χ3n) is 4.02. The van der Waals surface area contributed by atoms with E-state index >= 15 is 0 Å². The molecule has 0 aromatic carbocycles. The normalized spacial score (nSPS) is 24.7. The van der Waals surface area contributed by atoms with Crippen molar-refractivity contribution < 1.29 is 9.32 Å². The van der Waals surface area contributed by atoms with Crippen LogP contribution in [0.4, 0.5) is 0 Å². The Balaban J connectivity index is 1.99. The molecule has 98 valence electrons. The molecular weight excluding hydrogens is 272 g/mol. The van der Waals surface area contributed by atoms with E-state index in [1.54, 1.807) is 0 Å². The second kappa shape index (κ2) is 4.54. The van der Waals surface area contributed by atoms with Crippen molar-refractivity contribution in [2.75, 3.05) is 12.4 Å². The first-order chi connectivity index (χ1) is 8.63. The summed E-state index contributed by atoms with van der Waals surface area (Å²) in [4.78, 5) is 9.20. The van der Waals surface area contributed by atoms with Crippen molar-refractivity contribution in [2.24, 2.45) is 5.41 Å². The van der Waals surface area contributed by atoms with Crippen molar-refractivity contribution in [1.82, 2.24) is 9.97 Å². The summed E-state index contributed by atoms with van der Waals surface area (Å²) in [5.74, 6) is 0.615. The van der Waals surface area contributed by atoms with Crippen molar-refractivity contribution in [3.05, 3.63) is 16.7 Å². The van der Waals surface area contributed by atoms with Gasteiger partial charge in [-0.05, 0) is 36.3 Å². The van der Waals surface area contributed by atoms with Crippen LogP contribution in [0.5, 0.6) is 0 Å².